The minimum absolute atomic E-state index is 0.00856. The summed E-state index contributed by atoms with van der Waals surface area (Å²) in [7, 11) is 0. The van der Waals surface area contributed by atoms with Gasteiger partial charge in [-0.1, -0.05) is 6.42 Å². The summed E-state index contributed by atoms with van der Waals surface area (Å²) in [5, 5.41) is 0. The Balaban J connectivity index is 1.96. The molecule has 1 heterocycles. The van der Waals surface area contributed by atoms with Gasteiger partial charge in [0, 0.05) is 11.5 Å². The van der Waals surface area contributed by atoms with E-state index in [1.54, 1.807) is 0 Å². The monoisotopic (exact) mass is 248 g/mol. The molecule has 98 valence electrons. The number of fused-ring (bicyclic) bond motifs is 1. The van der Waals surface area contributed by atoms with Crippen molar-refractivity contribution in [2.45, 2.75) is 32.2 Å². The van der Waals surface area contributed by atoms with Gasteiger partial charge >= 0.3 is 0 Å². The maximum absolute atomic E-state index is 6.46. The summed E-state index contributed by atoms with van der Waals surface area (Å²) in [6.07, 6.45) is 3.48. The van der Waals surface area contributed by atoms with Crippen LogP contribution in [0.1, 0.15) is 36.4 Å². The summed E-state index contributed by atoms with van der Waals surface area (Å²) in [6, 6.07) is 4.03. The Morgan fingerprint density at radius 3 is 2.50 bits per heavy atom. The third-order valence-electron chi connectivity index (χ3n) is 4.51. The van der Waals surface area contributed by atoms with Gasteiger partial charge in [-0.05, 0) is 49.6 Å². The van der Waals surface area contributed by atoms with E-state index in [1.165, 1.54) is 6.42 Å². The highest BCUT2D eigenvalue weighted by Gasteiger charge is 2.42. The fourth-order valence-corrected chi connectivity index (χ4v) is 3.00. The summed E-state index contributed by atoms with van der Waals surface area (Å²) in [6.45, 7) is 3.03. The van der Waals surface area contributed by atoms with Gasteiger partial charge in [-0.2, -0.15) is 0 Å². The molecule has 1 atom stereocenters. The van der Waals surface area contributed by atoms with Crippen molar-refractivity contribution in [3.05, 3.63) is 23.3 Å². The first-order valence-corrected chi connectivity index (χ1v) is 6.52. The van der Waals surface area contributed by atoms with Crippen LogP contribution in [0.25, 0.3) is 0 Å². The molecule has 1 aliphatic heterocycles. The molecule has 1 unspecified atom stereocenters. The summed E-state index contributed by atoms with van der Waals surface area (Å²) in [5.74, 6) is 1.62. The van der Waals surface area contributed by atoms with E-state index in [1.807, 2.05) is 12.1 Å². The highest BCUT2D eigenvalue weighted by molar-refractivity contribution is 5.49. The summed E-state index contributed by atoms with van der Waals surface area (Å²) < 4.78 is 10.8. The normalized spacial score (nSPS) is 21.5. The van der Waals surface area contributed by atoms with Crippen LogP contribution in [-0.2, 0) is 0 Å². The lowest BCUT2D eigenvalue weighted by molar-refractivity contribution is 0.104. The van der Waals surface area contributed by atoms with Crippen molar-refractivity contribution < 1.29 is 9.47 Å². The molecule has 1 aromatic carbocycles. The first kappa shape index (κ1) is 11.8. The standard InChI is InChI=1S/C14H20N2O2/c1-9-5-11-12(18-8-17-11)6-10(9)13(16)14(7-15)3-2-4-14/h5-6,13H,2-4,7-8,15-16H2,1H3. The van der Waals surface area contributed by atoms with E-state index in [2.05, 4.69) is 6.92 Å². The number of aryl methyl sites for hydroxylation is 1. The average molecular weight is 248 g/mol. The third-order valence-corrected chi connectivity index (χ3v) is 4.51. The number of hydrogen-bond donors (Lipinski definition) is 2. The van der Waals surface area contributed by atoms with E-state index in [0.29, 0.717) is 13.3 Å². The molecular formula is C14H20N2O2. The molecular weight excluding hydrogens is 228 g/mol. The van der Waals surface area contributed by atoms with Gasteiger partial charge in [0.2, 0.25) is 6.79 Å². The Labute approximate surface area is 107 Å². The predicted octanol–water partition coefficient (Wildman–Crippen LogP) is 1.85. The first-order valence-electron chi connectivity index (χ1n) is 6.52. The molecule has 0 aromatic heterocycles. The van der Waals surface area contributed by atoms with Gasteiger partial charge in [-0.15, -0.1) is 0 Å². The van der Waals surface area contributed by atoms with Crippen LogP contribution in [0.2, 0.25) is 0 Å². The van der Waals surface area contributed by atoms with Crippen LogP contribution in [0.3, 0.4) is 0 Å². The van der Waals surface area contributed by atoms with Crippen molar-refractivity contribution in [1.29, 1.82) is 0 Å². The van der Waals surface area contributed by atoms with Crippen molar-refractivity contribution in [3.8, 4) is 11.5 Å². The van der Waals surface area contributed by atoms with E-state index < -0.39 is 0 Å². The molecule has 1 saturated carbocycles. The molecule has 3 rings (SSSR count). The second kappa shape index (κ2) is 4.14. The zero-order valence-electron chi connectivity index (χ0n) is 10.7. The minimum Gasteiger partial charge on any atom is -0.454 e. The summed E-state index contributed by atoms with van der Waals surface area (Å²) in [5.41, 5.74) is 14.8. The zero-order valence-corrected chi connectivity index (χ0v) is 10.7. The molecule has 4 heteroatoms. The second-order valence-electron chi connectivity index (χ2n) is 5.46. The minimum atomic E-state index is -0.00856. The Morgan fingerprint density at radius 2 is 1.94 bits per heavy atom. The molecule has 0 saturated heterocycles. The van der Waals surface area contributed by atoms with Gasteiger partial charge in [-0.25, -0.2) is 0 Å². The topological polar surface area (TPSA) is 70.5 Å². The second-order valence-corrected chi connectivity index (χ2v) is 5.46. The molecule has 0 radical (unpaired) electrons. The summed E-state index contributed by atoms with van der Waals surface area (Å²) >= 11 is 0. The fourth-order valence-electron chi connectivity index (χ4n) is 3.00. The molecule has 0 amide bonds. The van der Waals surface area contributed by atoms with E-state index in [9.17, 15) is 0 Å². The van der Waals surface area contributed by atoms with Crippen molar-refractivity contribution in [2.24, 2.45) is 16.9 Å². The first-order chi connectivity index (χ1) is 8.66. The lowest BCUT2D eigenvalue weighted by Crippen LogP contribution is -2.46. The van der Waals surface area contributed by atoms with E-state index in [0.717, 1.165) is 35.5 Å². The smallest absolute Gasteiger partial charge is 0.231 e. The van der Waals surface area contributed by atoms with E-state index in [-0.39, 0.29) is 11.5 Å². The van der Waals surface area contributed by atoms with Crippen LogP contribution in [0, 0.1) is 12.3 Å². The van der Waals surface area contributed by atoms with Crippen molar-refractivity contribution >= 4 is 0 Å². The molecule has 1 aliphatic carbocycles. The van der Waals surface area contributed by atoms with E-state index >= 15 is 0 Å². The fraction of sp³-hybridized carbons (Fsp3) is 0.571. The van der Waals surface area contributed by atoms with Crippen LogP contribution in [0.4, 0.5) is 0 Å². The van der Waals surface area contributed by atoms with E-state index in [4.69, 9.17) is 20.9 Å². The third kappa shape index (κ3) is 1.60. The Bertz CT molecular complexity index is 464. The summed E-state index contributed by atoms with van der Waals surface area (Å²) in [4.78, 5) is 0. The predicted molar refractivity (Wildman–Crippen MR) is 69.6 cm³/mol. The molecule has 4 nitrogen and oxygen atoms in total. The van der Waals surface area contributed by atoms with Crippen molar-refractivity contribution in [2.75, 3.05) is 13.3 Å². The largest absolute Gasteiger partial charge is 0.454 e. The number of nitrogens with two attached hydrogens (primary N) is 2. The lowest BCUT2D eigenvalue weighted by atomic mass is 9.62. The van der Waals surface area contributed by atoms with Crippen LogP contribution < -0.4 is 20.9 Å². The van der Waals surface area contributed by atoms with Crippen LogP contribution in [0.5, 0.6) is 11.5 Å². The van der Waals surface area contributed by atoms with Crippen molar-refractivity contribution in [3.63, 3.8) is 0 Å². The van der Waals surface area contributed by atoms with Crippen LogP contribution in [0.15, 0.2) is 12.1 Å². The van der Waals surface area contributed by atoms with Gasteiger partial charge in [0.05, 0.1) is 0 Å². The van der Waals surface area contributed by atoms with Crippen molar-refractivity contribution in [1.82, 2.24) is 0 Å². The van der Waals surface area contributed by atoms with Gasteiger partial charge in [0.25, 0.3) is 0 Å². The lowest BCUT2D eigenvalue weighted by Gasteiger charge is -2.46. The quantitative estimate of drug-likeness (QED) is 0.856. The highest BCUT2D eigenvalue weighted by atomic mass is 16.7. The van der Waals surface area contributed by atoms with Gasteiger partial charge in [-0.3, -0.25) is 0 Å². The maximum atomic E-state index is 6.46. The Morgan fingerprint density at radius 1 is 1.28 bits per heavy atom. The molecule has 18 heavy (non-hydrogen) atoms. The van der Waals surface area contributed by atoms with Crippen LogP contribution in [-0.4, -0.2) is 13.3 Å². The van der Waals surface area contributed by atoms with Gasteiger partial charge in [0.15, 0.2) is 11.5 Å². The van der Waals surface area contributed by atoms with Gasteiger partial charge < -0.3 is 20.9 Å². The molecule has 1 fully saturated rings. The molecule has 4 N–H and O–H groups in total. The van der Waals surface area contributed by atoms with Gasteiger partial charge in [0.1, 0.15) is 0 Å². The Kier molecular flexibility index (Phi) is 2.72. The molecule has 2 aliphatic rings. The Hall–Kier alpha value is -1.26. The van der Waals surface area contributed by atoms with Crippen LogP contribution >= 0.6 is 0 Å². The number of ether oxygens (including phenoxy) is 2. The average Bonchev–Trinajstić information content (AvgIpc) is 2.74. The molecule has 1 aromatic rings. The molecule has 0 spiro atoms. The molecule has 0 bridgehead atoms. The number of hydrogen-bond acceptors (Lipinski definition) is 4. The number of rotatable bonds is 3. The number of benzene rings is 1. The highest BCUT2D eigenvalue weighted by Crippen LogP contribution is 2.50. The SMILES string of the molecule is Cc1cc2c(cc1C(N)C1(CN)CCC1)OCO2. The maximum Gasteiger partial charge on any atom is 0.231 e. The zero-order chi connectivity index (χ0) is 12.8.